The molecule has 20 heavy (non-hydrogen) atoms. The van der Waals surface area contributed by atoms with E-state index in [4.69, 9.17) is 5.26 Å². The van der Waals surface area contributed by atoms with Crippen molar-refractivity contribution in [2.45, 2.75) is 6.42 Å². The Kier molecular flexibility index (Phi) is 4.91. The average molecular weight is 332 g/mol. The number of nitrogens with zero attached hydrogens (tertiary/aromatic N) is 4. The zero-order chi connectivity index (χ0) is 14.4. The quantitative estimate of drug-likeness (QED) is 0.910. The van der Waals surface area contributed by atoms with Crippen LogP contribution in [0.15, 0.2) is 41.1 Å². The molecule has 1 heterocycles. The van der Waals surface area contributed by atoms with E-state index >= 15 is 0 Å². The largest absolute Gasteiger partial charge is 0.372 e. The van der Waals surface area contributed by atoms with Crippen LogP contribution in [0.5, 0.6) is 0 Å². The molecule has 5 nitrogen and oxygen atoms in total. The van der Waals surface area contributed by atoms with E-state index in [9.17, 15) is 0 Å². The minimum absolute atomic E-state index is 0.417. The second-order valence-electron chi connectivity index (χ2n) is 4.01. The van der Waals surface area contributed by atoms with Gasteiger partial charge in [0.25, 0.3) is 0 Å². The summed E-state index contributed by atoms with van der Waals surface area (Å²) in [6.07, 6.45) is 1.93. The molecule has 102 valence electrons. The number of hydrogen-bond donors (Lipinski definition) is 1. The molecular formula is C14H14BrN5. The van der Waals surface area contributed by atoms with E-state index in [0.29, 0.717) is 18.8 Å². The van der Waals surface area contributed by atoms with Crippen molar-refractivity contribution in [1.82, 2.24) is 9.97 Å². The summed E-state index contributed by atoms with van der Waals surface area (Å²) in [6, 6.07) is 12.0. The lowest BCUT2D eigenvalue weighted by Crippen LogP contribution is -2.20. The third kappa shape index (κ3) is 3.06. The zero-order valence-corrected chi connectivity index (χ0v) is 12.6. The van der Waals surface area contributed by atoms with Gasteiger partial charge in [0, 0.05) is 19.3 Å². The highest BCUT2D eigenvalue weighted by Gasteiger charge is 2.16. The van der Waals surface area contributed by atoms with Gasteiger partial charge in [-0.1, -0.05) is 18.2 Å². The molecule has 0 fully saturated rings. The monoisotopic (exact) mass is 331 g/mol. The first-order valence-electron chi connectivity index (χ1n) is 6.15. The van der Waals surface area contributed by atoms with Crippen molar-refractivity contribution in [3.8, 4) is 6.07 Å². The highest BCUT2D eigenvalue weighted by molar-refractivity contribution is 9.10. The maximum atomic E-state index is 8.85. The SMILES string of the molecule is CNc1ncnc(N(CCC#N)c2ccccc2)c1Br. The van der Waals surface area contributed by atoms with Crippen molar-refractivity contribution >= 4 is 33.3 Å². The van der Waals surface area contributed by atoms with Gasteiger partial charge in [0.1, 0.15) is 16.6 Å². The van der Waals surface area contributed by atoms with E-state index in [-0.39, 0.29) is 0 Å². The number of aromatic nitrogens is 2. The van der Waals surface area contributed by atoms with Crippen LogP contribution < -0.4 is 10.2 Å². The van der Waals surface area contributed by atoms with Gasteiger partial charge in [0.05, 0.1) is 12.5 Å². The van der Waals surface area contributed by atoms with Crippen LogP contribution in [0, 0.1) is 11.3 Å². The molecule has 0 spiro atoms. The zero-order valence-electron chi connectivity index (χ0n) is 11.0. The summed E-state index contributed by atoms with van der Waals surface area (Å²) in [7, 11) is 1.80. The van der Waals surface area contributed by atoms with Gasteiger partial charge in [-0.2, -0.15) is 5.26 Å². The summed E-state index contributed by atoms with van der Waals surface area (Å²) in [5, 5.41) is 11.9. The maximum Gasteiger partial charge on any atom is 0.153 e. The molecule has 0 atom stereocenters. The first-order chi connectivity index (χ1) is 9.77. The molecule has 0 bridgehead atoms. The minimum Gasteiger partial charge on any atom is -0.372 e. The van der Waals surface area contributed by atoms with Crippen LogP contribution in [0.2, 0.25) is 0 Å². The van der Waals surface area contributed by atoms with Crippen molar-refractivity contribution in [3.63, 3.8) is 0 Å². The molecule has 0 aliphatic carbocycles. The Bertz CT molecular complexity index is 609. The van der Waals surface area contributed by atoms with E-state index in [1.165, 1.54) is 6.33 Å². The molecule has 1 aromatic carbocycles. The van der Waals surface area contributed by atoms with Gasteiger partial charge in [-0.05, 0) is 28.1 Å². The smallest absolute Gasteiger partial charge is 0.153 e. The summed E-state index contributed by atoms with van der Waals surface area (Å²) in [5.41, 5.74) is 0.990. The molecule has 0 saturated heterocycles. The Balaban J connectivity index is 2.44. The van der Waals surface area contributed by atoms with E-state index in [0.717, 1.165) is 16.0 Å². The molecule has 1 aromatic heterocycles. The number of halogens is 1. The highest BCUT2D eigenvalue weighted by atomic mass is 79.9. The topological polar surface area (TPSA) is 64.8 Å². The van der Waals surface area contributed by atoms with E-state index < -0.39 is 0 Å². The van der Waals surface area contributed by atoms with E-state index in [1.54, 1.807) is 7.05 Å². The predicted molar refractivity (Wildman–Crippen MR) is 83.0 cm³/mol. The molecule has 0 unspecified atom stereocenters. The van der Waals surface area contributed by atoms with Gasteiger partial charge in [0.2, 0.25) is 0 Å². The van der Waals surface area contributed by atoms with Gasteiger partial charge in [-0.3, -0.25) is 0 Å². The van der Waals surface area contributed by atoms with Gasteiger partial charge >= 0.3 is 0 Å². The Morgan fingerprint density at radius 3 is 2.70 bits per heavy atom. The number of para-hydroxylation sites is 1. The normalized spacial score (nSPS) is 9.85. The molecule has 0 aliphatic rings. The van der Waals surface area contributed by atoms with Crippen LogP contribution in [0.3, 0.4) is 0 Å². The van der Waals surface area contributed by atoms with Crippen LogP contribution in [0.25, 0.3) is 0 Å². The van der Waals surface area contributed by atoms with Crippen LogP contribution in [0.1, 0.15) is 6.42 Å². The Labute approximate surface area is 126 Å². The fourth-order valence-electron chi connectivity index (χ4n) is 1.85. The molecule has 0 amide bonds. The van der Waals surface area contributed by atoms with Gasteiger partial charge < -0.3 is 10.2 Å². The third-order valence-corrected chi connectivity index (χ3v) is 3.51. The molecular weight excluding hydrogens is 318 g/mol. The second-order valence-corrected chi connectivity index (χ2v) is 4.80. The second kappa shape index (κ2) is 6.87. The van der Waals surface area contributed by atoms with E-state index in [1.807, 2.05) is 35.2 Å². The van der Waals surface area contributed by atoms with Crippen molar-refractivity contribution in [2.24, 2.45) is 0 Å². The third-order valence-electron chi connectivity index (χ3n) is 2.78. The average Bonchev–Trinajstić information content (AvgIpc) is 2.50. The first-order valence-corrected chi connectivity index (χ1v) is 6.95. The molecule has 2 aromatic rings. The summed E-state index contributed by atoms with van der Waals surface area (Å²) in [6.45, 7) is 0.569. The van der Waals surface area contributed by atoms with Gasteiger partial charge in [-0.25, -0.2) is 9.97 Å². The van der Waals surface area contributed by atoms with E-state index in [2.05, 4.69) is 37.3 Å². The molecule has 6 heteroatoms. The first kappa shape index (κ1) is 14.3. The van der Waals surface area contributed by atoms with Crippen LogP contribution in [-0.2, 0) is 0 Å². The molecule has 0 aliphatic heterocycles. The predicted octanol–water partition coefficient (Wildman–Crippen LogP) is 3.33. The number of hydrogen-bond acceptors (Lipinski definition) is 5. The van der Waals surface area contributed by atoms with Crippen LogP contribution >= 0.6 is 15.9 Å². The maximum absolute atomic E-state index is 8.85. The van der Waals surface area contributed by atoms with Crippen LogP contribution in [0.4, 0.5) is 17.3 Å². The number of nitriles is 1. The minimum atomic E-state index is 0.417. The molecule has 0 saturated carbocycles. The lowest BCUT2D eigenvalue weighted by Gasteiger charge is -2.24. The highest BCUT2D eigenvalue weighted by Crippen LogP contribution is 2.33. The number of benzene rings is 1. The summed E-state index contributed by atoms with van der Waals surface area (Å²) >= 11 is 3.52. The van der Waals surface area contributed by atoms with Crippen molar-refractivity contribution in [2.75, 3.05) is 23.8 Å². The molecule has 2 rings (SSSR count). The Morgan fingerprint density at radius 2 is 2.05 bits per heavy atom. The Hall–Kier alpha value is -2.13. The van der Waals surface area contributed by atoms with Crippen molar-refractivity contribution in [3.05, 3.63) is 41.1 Å². The summed E-state index contributed by atoms with van der Waals surface area (Å²) < 4.78 is 0.782. The van der Waals surface area contributed by atoms with Crippen molar-refractivity contribution < 1.29 is 0 Å². The van der Waals surface area contributed by atoms with Gasteiger partial charge in [0.15, 0.2) is 5.82 Å². The van der Waals surface area contributed by atoms with Gasteiger partial charge in [-0.15, -0.1) is 0 Å². The lowest BCUT2D eigenvalue weighted by molar-refractivity contribution is 0.916. The number of anilines is 3. The van der Waals surface area contributed by atoms with Crippen LogP contribution in [-0.4, -0.2) is 23.6 Å². The lowest BCUT2D eigenvalue weighted by atomic mass is 10.2. The number of nitrogens with one attached hydrogen (secondary N) is 1. The molecule has 0 radical (unpaired) electrons. The Morgan fingerprint density at radius 1 is 1.30 bits per heavy atom. The molecule has 1 N–H and O–H groups in total. The summed E-state index contributed by atoms with van der Waals surface area (Å²) in [4.78, 5) is 10.5. The fraction of sp³-hybridized carbons (Fsp3) is 0.214. The number of rotatable bonds is 5. The standard InChI is InChI=1S/C14H14BrN5/c1-17-13-12(15)14(19-10-18-13)20(9-5-8-16)11-6-3-2-4-7-11/h2-4,6-7,10H,5,9H2,1H3,(H,17,18,19). The van der Waals surface area contributed by atoms with Crippen molar-refractivity contribution in [1.29, 1.82) is 5.26 Å². The summed E-state index contributed by atoms with van der Waals surface area (Å²) in [5.74, 6) is 1.46. The fourth-order valence-corrected chi connectivity index (χ4v) is 2.47.